The predicted molar refractivity (Wildman–Crippen MR) is 109 cm³/mol. The molecule has 2 amide bonds. The summed E-state index contributed by atoms with van der Waals surface area (Å²) >= 11 is 0. The molecule has 28 heavy (non-hydrogen) atoms. The fourth-order valence-corrected chi connectivity index (χ4v) is 3.39. The molecule has 2 aromatic carbocycles. The minimum Gasteiger partial charge on any atom is -0.375 e. The van der Waals surface area contributed by atoms with Crippen LogP contribution in [0.25, 0.3) is 0 Å². The molecule has 0 aliphatic carbocycles. The van der Waals surface area contributed by atoms with Crippen molar-refractivity contribution in [2.24, 2.45) is 0 Å². The zero-order valence-electron chi connectivity index (χ0n) is 16.0. The van der Waals surface area contributed by atoms with E-state index < -0.39 is 17.7 Å². The molecule has 1 saturated heterocycles. The van der Waals surface area contributed by atoms with Crippen LogP contribution in [0.4, 0.5) is 30.6 Å². The van der Waals surface area contributed by atoms with Gasteiger partial charge >= 0.3 is 6.03 Å². The van der Waals surface area contributed by atoms with Crippen LogP contribution in [0, 0.1) is 11.6 Å². The minimum absolute atomic E-state index is 0.00703. The van der Waals surface area contributed by atoms with Crippen molar-refractivity contribution in [2.45, 2.75) is 19.3 Å². The fraction of sp³-hybridized carbons (Fsp3) is 0.381. The molecule has 0 spiro atoms. The summed E-state index contributed by atoms with van der Waals surface area (Å²) in [7, 11) is 1.99. The lowest BCUT2D eigenvalue weighted by Gasteiger charge is -2.20. The first-order valence-corrected chi connectivity index (χ1v) is 9.59. The number of carbonyl (C=O) groups excluding carboxylic acids is 1. The van der Waals surface area contributed by atoms with Gasteiger partial charge in [-0.1, -0.05) is 18.2 Å². The lowest BCUT2D eigenvalue weighted by atomic mass is 10.2. The summed E-state index contributed by atoms with van der Waals surface area (Å²) in [6.07, 6.45) is 2.61. The third-order valence-corrected chi connectivity index (χ3v) is 4.85. The first-order valence-electron chi connectivity index (χ1n) is 9.59. The van der Waals surface area contributed by atoms with Crippen molar-refractivity contribution < 1.29 is 13.6 Å². The monoisotopic (exact) mass is 388 g/mol. The Morgan fingerprint density at radius 3 is 2.39 bits per heavy atom. The van der Waals surface area contributed by atoms with Crippen molar-refractivity contribution in [3.8, 4) is 0 Å². The molecule has 1 aliphatic heterocycles. The van der Waals surface area contributed by atoms with E-state index in [4.69, 9.17) is 0 Å². The highest BCUT2D eigenvalue weighted by molar-refractivity contribution is 5.89. The van der Waals surface area contributed by atoms with E-state index in [0.717, 1.165) is 31.5 Å². The Morgan fingerprint density at radius 2 is 1.75 bits per heavy atom. The van der Waals surface area contributed by atoms with E-state index in [0.29, 0.717) is 19.6 Å². The van der Waals surface area contributed by atoms with Crippen LogP contribution in [0.1, 0.15) is 19.3 Å². The van der Waals surface area contributed by atoms with Gasteiger partial charge in [0.25, 0.3) is 0 Å². The Hall–Kier alpha value is -2.83. The highest BCUT2D eigenvalue weighted by Crippen LogP contribution is 2.29. The zero-order chi connectivity index (χ0) is 19.9. The number of para-hydroxylation sites is 1. The first kappa shape index (κ1) is 19.9. The molecule has 7 heteroatoms. The average molecular weight is 388 g/mol. The molecule has 0 saturated carbocycles. The van der Waals surface area contributed by atoms with Crippen LogP contribution in [-0.2, 0) is 0 Å². The number of nitrogens with zero attached hydrogens (tertiary/aromatic N) is 2. The van der Waals surface area contributed by atoms with Crippen LogP contribution in [0.5, 0.6) is 0 Å². The number of amides is 2. The maximum absolute atomic E-state index is 14.3. The second-order valence-electron chi connectivity index (χ2n) is 6.97. The number of urea groups is 1. The van der Waals surface area contributed by atoms with Crippen LogP contribution in [-0.4, -0.2) is 39.3 Å². The molecule has 0 radical (unpaired) electrons. The number of rotatable bonds is 7. The Bertz CT molecular complexity index is 771. The molecule has 0 bridgehead atoms. The zero-order valence-corrected chi connectivity index (χ0v) is 16.0. The van der Waals surface area contributed by atoms with Gasteiger partial charge in [0, 0.05) is 44.6 Å². The van der Waals surface area contributed by atoms with Crippen LogP contribution < -0.4 is 20.4 Å². The standard InChI is InChI=1S/C21H26F2N4O/c1-26(17-8-3-2-4-9-17)11-7-10-24-21(28)25-16-14-18(22)20(19(23)15-16)27-12-5-6-13-27/h2-4,8-9,14-15H,5-7,10-13H2,1H3,(H2,24,25,28). The van der Waals surface area contributed by atoms with Crippen LogP contribution >= 0.6 is 0 Å². The van der Waals surface area contributed by atoms with E-state index in [2.05, 4.69) is 15.5 Å². The van der Waals surface area contributed by atoms with Crippen LogP contribution in [0.2, 0.25) is 0 Å². The molecular formula is C21H26F2N4O. The molecular weight excluding hydrogens is 362 g/mol. The number of nitrogens with one attached hydrogen (secondary N) is 2. The molecule has 2 aromatic rings. The molecule has 3 rings (SSSR count). The molecule has 0 aromatic heterocycles. The van der Waals surface area contributed by atoms with E-state index in [1.54, 1.807) is 4.90 Å². The average Bonchev–Trinajstić information content (AvgIpc) is 3.19. The lowest BCUT2D eigenvalue weighted by molar-refractivity contribution is 0.252. The molecule has 0 atom stereocenters. The Labute approximate surface area is 164 Å². The molecule has 1 fully saturated rings. The van der Waals surface area contributed by atoms with Gasteiger partial charge in [-0.05, 0) is 43.5 Å². The highest BCUT2D eigenvalue weighted by Gasteiger charge is 2.21. The van der Waals surface area contributed by atoms with Crippen molar-refractivity contribution in [3.05, 3.63) is 54.1 Å². The van der Waals surface area contributed by atoms with Gasteiger partial charge in [-0.15, -0.1) is 0 Å². The van der Waals surface area contributed by atoms with Gasteiger partial charge < -0.3 is 20.4 Å². The van der Waals surface area contributed by atoms with Crippen molar-refractivity contribution in [2.75, 3.05) is 48.3 Å². The molecule has 0 unspecified atom stereocenters. The molecule has 1 heterocycles. The van der Waals surface area contributed by atoms with Gasteiger partial charge in [-0.2, -0.15) is 0 Å². The number of anilines is 3. The van der Waals surface area contributed by atoms with Gasteiger partial charge in [0.2, 0.25) is 0 Å². The van der Waals surface area contributed by atoms with Crippen molar-refractivity contribution in [1.29, 1.82) is 0 Å². The topological polar surface area (TPSA) is 47.6 Å². The van der Waals surface area contributed by atoms with Crippen LogP contribution in [0.15, 0.2) is 42.5 Å². The Morgan fingerprint density at radius 1 is 1.11 bits per heavy atom. The second kappa shape index (κ2) is 9.39. The normalized spacial score (nSPS) is 13.5. The number of hydrogen-bond acceptors (Lipinski definition) is 3. The largest absolute Gasteiger partial charge is 0.375 e. The van der Waals surface area contributed by atoms with Crippen molar-refractivity contribution in [1.82, 2.24) is 5.32 Å². The van der Waals surface area contributed by atoms with Gasteiger partial charge in [-0.3, -0.25) is 0 Å². The van der Waals surface area contributed by atoms with Gasteiger partial charge in [0.15, 0.2) is 11.6 Å². The molecule has 150 valence electrons. The third kappa shape index (κ3) is 5.12. The maximum atomic E-state index is 14.3. The second-order valence-corrected chi connectivity index (χ2v) is 6.97. The Kier molecular flexibility index (Phi) is 6.68. The number of halogens is 2. The van der Waals surface area contributed by atoms with E-state index in [9.17, 15) is 13.6 Å². The summed E-state index contributed by atoms with van der Waals surface area (Å²) in [5, 5.41) is 5.21. The van der Waals surface area contributed by atoms with E-state index in [1.165, 1.54) is 12.1 Å². The number of hydrogen-bond donors (Lipinski definition) is 2. The first-order chi connectivity index (χ1) is 13.5. The fourth-order valence-electron chi connectivity index (χ4n) is 3.39. The smallest absolute Gasteiger partial charge is 0.319 e. The SMILES string of the molecule is CN(CCCNC(=O)Nc1cc(F)c(N2CCCC2)c(F)c1)c1ccccc1. The highest BCUT2D eigenvalue weighted by atomic mass is 19.1. The minimum atomic E-state index is -0.651. The summed E-state index contributed by atoms with van der Waals surface area (Å²) in [6.45, 7) is 2.54. The summed E-state index contributed by atoms with van der Waals surface area (Å²) in [6, 6.07) is 11.8. The van der Waals surface area contributed by atoms with E-state index >= 15 is 0 Å². The molecule has 1 aliphatic rings. The summed E-state index contributed by atoms with van der Waals surface area (Å²) in [5.74, 6) is -1.30. The predicted octanol–water partition coefficient (Wildman–Crippen LogP) is 4.21. The van der Waals surface area contributed by atoms with Gasteiger partial charge in [0.05, 0.1) is 0 Å². The van der Waals surface area contributed by atoms with Crippen molar-refractivity contribution in [3.63, 3.8) is 0 Å². The summed E-state index contributed by atoms with van der Waals surface area (Å²) in [5.41, 5.74) is 1.21. The summed E-state index contributed by atoms with van der Waals surface area (Å²) in [4.78, 5) is 15.8. The van der Waals surface area contributed by atoms with Gasteiger partial charge in [0.1, 0.15) is 5.69 Å². The maximum Gasteiger partial charge on any atom is 0.319 e. The Balaban J connectivity index is 1.46. The van der Waals surface area contributed by atoms with Crippen molar-refractivity contribution >= 4 is 23.1 Å². The van der Waals surface area contributed by atoms with Gasteiger partial charge in [-0.25, -0.2) is 13.6 Å². The number of carbonyl (C=O) groups is 1. The van der Waals surface area contributed by atoms with E-state index in [1.807, 2.05) is 37.4 Å². The summed E-state index contributed by atoms with van der Waals surface area (Å²) < 4.78 is 28.6. The van der Waals surface area contributed by atoms with Crippen LogP contribution in [0.3, 0.4) is 0 Å². The molecule has 2 N–H and O–H groups in total. The quantitative estimate of drug-likeness (QED) is 0.699. The lowest BCUT2D eigenvalue weighted by Crippen LogP contribution is -2.31. The van der Waals surface area contributed by atoms with E-state index in [-0.39, 0.29) is 11.4 Å². The third-order valence-electron chi connectivity index (χ3n) is 4.85. The molecule has 5 nitrogen and oxygen atoms in total. The number of benzene rings is 2.